The van der Waals surface area contributed by atoms with Crippen molar-refractivity contribution in [2.24, 2.45) is 11.8 Å². The van der Waals surface area contributed by atoms with Crippen molar-refractivity contribution in [1.29, 1.82) is 0 Å². The normalized spacial score (nSPS) is 36.4. The molecule has 108 valence electrons. The van der Waals surface area contributed by atoms with Gasteiger partial charge < -0.3 is 20.4 Å². The van der Waals surface area contributed by atoms with Gasteiger partial charge in [-0.15, -0.1) is 0 Å². The summed E-state index contributed by atoms with van der Waals surface area (Å²) >= 11 is 0. The Morgan fingerprint density at radius 1 is 1.10 bits per heavy atom. The van der Waals surface area contributed by atoms with E-state index in [2.05, 4.69) is 0 Å². The fourth-order valence-electron chi connectivity index (χ4n) is 3.55. The third-order valence-corrected chi connectivity index (χ3v) is 4.58. The average Bonchev–Trinajstić information content (AvgIpc) is 2.37. The molecule has 0 aromatic heterocycles. The van der Waals surface area contributed by atoms with Gasteiger partial charge in [-0.05, 0) is 37.5 Å². The van der Waals surface area contributed by atoms with E-state index in [1.54, 1.807) is 13.0 Å². The molecule has 4 N–H and O–H groups in total. The zero-order chi connectivity index (χ0) is 14.6. The Labute approximate surface area is 116 Å². The van der Waals surface area contributed by atoms with Crippen molar-refractivity contribution >= 4 is 5.78 Å². The number of ketones is 1. The Kier molecular flexibility index (Phi) is 3.08. The maximum absolute atomic E-state index is 12.5. The Hall–Kier alpha value is -1.43. The molecule has 0 unspecified atom stereocenters. The van der Waals surface area contributed by atoms with E-state index in [9.17, 15) is 25.2 Å². The number of Topliss-reactive ketones (excluding diaryl/α,β-unsaturated/α-hetero) is 1. The van der Waals surface area contributed by atoms with E-state index in [1.165, 1.54) is 6.07 Å². The smallest absolute Gasteiger partial charge is 0.166 e. The number of aryl methyl sites for hydroxylation is 1. The first-order chi connectivity index (χ1) is 9.40. The zero-order valence-electron chi connectivity index (χ0n) is 11.2. The van der Waals surface area contributed by atoms with Gasteiger partial charge in [-0.25, -0.2) is 0 Å². The van der Waals surface area contributed by atoms with E-state index < -0.39 is 30.1 Å². The second-order valence-corrected chi connectivity index (χ2v) is 5.93. The molecule has 5 heteroatoms. The Morgan fingerprint density at radius 3 is 2.45 bits per heavy atom. The van der Waals surface area contributed by atoms with Crippen molar-refractivity contribution in [3.8, 4) is 5.75 Å². The summed E-state index contributed by atoms with van der Waals surface area (Å²) in [6.45, 7) is 1.77. The van der Waals surface area contributed by atoms with Crippen LogP contribution in [0.2, 0.25) is 0 Å². The standard InChI is InChI=1S/C15H18O5/c1-6-2-9-13(12(18)3-6)15(20)8-5-11(17)10(16)4-7(8)14(9)19/h2-3,7-8,10-11,15-18,20H,4-5H2,1H3/t7-,8-,10+,11-,15+/m0/s1. The summed E-state index contributed by atoms with van der Waals surface area (Å²) in [7, 11) is 0. The monoisotopic (exact) mass is 278 g/mol. The third-order valence-electron chi connectivity index (χ3n) is 4.58. The molecule has 5 nitrogen and oxygen atoms in total. The van der Waals surface area contributed by atoms with Crippen molar-refractivity contribution in [2.45, 2.75) is 38.1 Å². The molecule has 0 radical (unpaired) electrons. The number of rotatable bonds is 0. The Morgan fingerprint density at radius 2 is 1.75 bits per heavy atom. The number of hydrogen-bond acceptors (Lipinski definition) is 5. The second-order valence-electron chi connectivity index (χ2n) is 5.93. The van der Waals surface area contributed by atoms with Gasteiger partial charge in [-0.2, -0.15) is 0 Å². The van der Waals surface area contributed by atoms with E-state index in [1.807, 2.05) is 0 Å². The summed E-state index contributed by atoms with van der Waals surface area (Å²) in [4.78, 5) is 12.5. The molecular weight excluding hydrogens is 260 g/mol. The molecule has 2 aliphatic carbocycles. The molecule has 2 aliphatic rings. The van der Waals surface area contributed by atoms with Crippen LogP contribution < -0.4 is 0 Å². The molecule has 1 aromatic carbocycles. The quantitative estimate of drug-likeness (QED) is 0.559. The Balaban J connectivity index is 2.11. The highest BCUT2D eigenvalue weighted by molar-refractivity contribution is 6.01. The summed E-state index contributed by atoms with van der Waals surface area (Å²) in [5, 5.41) is 39.9. The zero-order valence-corrected chi connectivity index (χ0v) is 11.2. The molecule has 0 aliphatic heterocycles. The number of benzene rings is 1. The van der Waals surface area contributed by atoms with Gasteiger partial charge in [0, 0.05) is 23.0 Å². The summed E-state index contributed by atoms with van der Waals surface area (Å²) in [5.74, 6) is -1.21. The SMILES string of the molecule is Cc1cc(O)c2c(c1)C(=O)[C@H]1C[C@@H](O)[C@@H](O)C[C@@H]1[C@H]2O. The number of carbonyl (C=O) groups is 1. The first kappa shape index (κ1) is 13.5. The first-order valence-electron chi connectivity index (χ1n) is 6.82. The van der Waals surface area contributed by atoms with Crippen LogP contribution in [0.15, 0.2) is 12.1 Å². The van der Waals surface area contributed by atoms with E-state index in [4.69, 9.17) is 0 Å². The molecule has 0 heterocycles. The molecule has 3 rings (SSSR count). The topological polar surface area (TPSA) is 98.0 Å². The lowest BCUT2D eigenvalue weighted by Crippen LogP contribution is -2.46. The van der Waals surface area contributed by atoms with Gasteiger partial charge in [0.1, 0.15) is 5.75 Å². The minimum atomic E-state index is -0.990. The summed E-state index contributed by atoms with van der Waals surface area (Å²) in [5.41, 5.74) is 1.34. The minimum Gasteiger partial charge on any atom is -0.508 e. The van der Waals surface area contributed by atoms with Crippen LogP contribution in [0.1, 0.15) is 40.4 Å². The average molecular weight is 278 g/mol. The highest BCUT2D eigenvalue weighted by Gasteiger charge is 2.48. The number of aliphatic hydroxyl groups is 3. The fraction of sp³-hybridized carbons (Fsp3) is 0.533. The van der Waals surface area contributed by atoms with E-state index in [0.29, 0.717) is 5.56 Å². The molecule has 1 fully saturated rings. The van der Waals surface area contributed by atoms with Gasteiger partial charge >= 0.3 is 0 Å². The van der Waals surface area contributed by atoms with Gasteiger partial charge in [0.05, 0.1) is 18.3 Å². The number of aromatic hydroxyl groups is 1. The van der Waals surface area contributed by atoms with Gasteiger partial charge in [0.15, 0.2) is 5.78 Å². The lowest BCUT2D eigenvalue weighted by molar-refractivity contribution is -0.0724. The molecule has 0 saturated heterocycles. The van der Waals surface area contributed by atoms with Crippen molar-refractivity contribution < 1.29 is 25.2 Å². The molecule has 1 aromatic rings. The van der Waals surface area contributed by atoms with Crippen molar-refractivity contribution in [2.75, 3.05) is 0 Å². The molecule has 5 atom stereocenters. The minimum absolute atomic E-state index is 0.0834. The van der Waals surface area contributed by atoms with Crippen LogP contribution in [0.25, 0.3) is 0 Å². The molecule has 1 saturated carbocycles. The van der Waals surface area contributed by atoms with E-state index in [0.717, 1.165) is 5.56 Å². The summed E-state index contributed by atoms with van der Waals surface area (Å²) in [6, 6.07) is 3.18. The van der Waals surface area contributed by atoms with Crippen LogP contribution in [-0.2, 0) is 0 Å². The fourth-order valence-corrected chi connectivity index (χ4v) is 3.55. The highest BCUT2D eigenvalue weighted by Crippen LogP contribution is 2.48. The molecule has 20 heavy (non-hydrogen) atoms. The summed E-state index contributed by atoms with van der Waals surface area (Å²) in [6.07, 6.45) is -2.56. The number of phenolic OH excluding ortho intramolecular Hbond substituents is 1. The highest BCUT2D eigenvalue weighted by atomic mass is 16.3. The van der Waals surface area contributed by atoms with Crippen LogP contribution in [0.4, 0.5) is 0 Å². The van der Waals surface area contributed by atoms with Crippen LogP contribution >= 0.6 is 0 Å². The van der Waals surface area contributed by atoms with Crippen LogP contribution in [0, 0.1) is 18.8 Å². The lowest BCUT2D eigenvalue weighted by Gasteiger charge is -2.42. The third kappa shape index (κ3) is 1.85. The van der Waals surface area contributed by atoms with Gasteiger partial charge in [0.25, 0.3) is 0 Å². The van der Waals surface area contributed by atoms with E-state index in [-0.39, 0.29) is 29.9 Å². The molecule has 0 spiro atoms. The number of aliphatic hydroxyl groups excluding tert-OH is 3. The van der Waals surface area contributed by atoms with Crippen LogP contribution in [0.5, 0.6) is 5.75 Å². The predicted molar refractivity (Wildman–Crippen MR) is 70.4 cm³/mol. The summed E-state index contributed by atoms with van der Waals surface area (Å²) < 4.78 is 0. The maximum atomic E-state index is 12.5. The molecular formula is C15H18O5. The predicted octanol–water partition coefficient (Wildman–Crippen LogP) is 0.678. The van der Waals surface area contributed by atoms with Crippen molar-refractivity contribution in [3.05, 3.63) is 28.8 Å². The molecule has 0 bridgehead atoms. The number of carbonyl (C=O) groups excluding carboxylic acids is 1. The maximum Gasteiger partial charge on any atom is 0.166 e. The largest absolute Gasteiger partial charge is 0.508 e. The van der Waals surface area contributed by atoms with Gasteiger partial charge in [-0.3, -0.25) is 4.79 Å². The van der Waals surface area contributed by atoms with Gasteiger partial charge in [0.2, 0.25) is 0 Å². The van der Waals surface area contributed by atoms with Crippen LogP contribution in [-0.4, -0.2) is 38.4 Å². The number of hydrogen-bond donors (Lipinski definition) is 4. The Bertz CT molecular complexity index is 568. The second kappa shape index (κ2) is 4.55. The van der Waals surface area contributed by atoms with Gasteiger partial charge in [-0.1, -0.05) is 0 Å². The first-order valence-corrected chi connectivity index (χ1v) is 6.82. The van der Waals surface area contributed by atoms with E-state index >= 15 is 0 Å². The van der Waals surface area contributed by atoms with Crippen LogP contribution in [0.3, 0.4) is 0 Å². The number of phenols is 1. The number of fused-ring (bicyclic) bond motifs is 2. The molecule has 0 amide bonds. The van der Waals surface area contributed by atoms with Crippen molar-refractivity contribution in [3.63, 3.8) is 0 Å². The van der Waals surface area contributed by atoms with Crippen molar-refractivity contribution in [1.82, 2.24) is 0 Å². The lowest BCUT2D eigenvalue weighted by atomic mass is 9.65.